The lowest BCUT2D eigenvalue weighted by atomic mass is 10.0. The number of hydrogen-bond donors (Lipinski definition) is 2. The zero-order chi connectivity index (χ0) is 27.5. The third-order valence-electron chi connectivity index (χ3n) is 6.37. The number of aryl methyl sites for hydroxylation is 1. The molecule has 0 saturated carbocycles. The highest BCUT2D eigenvalue weighted by Crippen LogP contribution is 2.29. The molecule has 7 heteroatoms. The van der Waals surface area contributed by atoms with Gasteiger partial charge in [-0.25, -0.2) is 4.85 Å². The maximum absolute atomic E-state index is 12.7. The summed E-state index contributed by atoms with van der Waals surface area (Å²) in [5, 5.41) is 20.0. The summed E-state index contributed by atoms with van der Waals surface area (Å²) in [5.74, 6) is -0.838. The predicted octanol–water partition coefficient (Wildman–Crippen LogP) is 6.79. The molecule has 0 radical (unpaired) electrons. The van der Waals surface area contributed by atoms with Gasteiger partial charge in [-0.3, -0.25) is 9.59 Å². The van der Waals surface area contributed by atoms with Crippen LogP contribution in [0.5, 0.6) is 11.5 Å². The molecular weight excluding hydrogens is 480 g/mol. The first-order valence-corrected chi connectivity index (χ1v) is 12.9. The van der Waals surface area contributed by atoms with Gasteiger partial charge in [-0.05, 0) is 49.9 Å². The lowest BCUT2D eigenvalue weighted by Crippen LogP contribution is -2.32. The third-order valence-corrected chi connectivity index (χ3v) is 6.37. The molecule has 0 fully saturated rings. The van der Waals surface area contributed by atoms with Gasteiger partial charge >= 0.3 is 5.97 Å². The van der Waals surface area contributed by atoms with Crippen LogP contribution in [0.25, 0.3) is 4.85 Å². The van der Waals surface area contributed by atoms with Gasteiger partial charge in [0.15, 0.2) is 11.5 Å². The molecule has 0 aromatic heterocycles. The van der Waals surface area contributed by atoms with Gasteiger partial charge in [0.2, 0.25) is 0 Å². The fourth-order valence-electron chi connectivity index (χ4n) is 4.37. The van der Waals surface area contributed by atoms with Crippen LogP contribution >= 0.6 is 0 Å². The van der Waals surface area contributed by atoms with Gasteiger partial charge in [-0.2, -0.15) is 0 Å². The van der Waals surface area contributed by atoms with Gasteiger partial charge in [0.1, 0.15) is 18.0 Å². The number of ether oxygens (including phenoxy) is 1. The van der Waals surface area contributed by atoms with Crippen LogP contribution in [0.4, 0.5) is 11.4 Å². The van der Waals surface area contributed by atoms with Crippen molar-refractivity contribution in [2.45, 2.75) is 52.1 Å². The Hall–Kier alpha value is -4.31. The van der Waals surface area contributed by atoms with Crippen molar-refractivity contribution in [1.29, 1.82) is 0 Å². The molecule has 0 aliphatic carbocycles. The van der Waals surface area contributed by atoms with Crippen LogP contribution < -0.4 is 9.64 Å². The predicted molar refractivity (Wildman–Crippen MR) is 148 cm³/mol. The molecule has 7 nitrogen and oxygen atoms in total. The summed E-state index contributed by atoms with van der Waals surface area (Å²) in [5.41, 5.74) is 2.85. The molecule has 1 unspecified atom stereocenters. The van der Waals surface area contributed by atoms with Crippen molar-refractivity contribution in [3.63, 3.8) is 0 Å². The Morgan fingerprint density at radius 1 is 1.03 bits per heavy atom. The number of carboxylic acids is 1. The number of hydrogen-bond acceptors (Lipinski definition) is 5. The highest BCUT2D eigenvalue weighted by atomic mass is 16.5. The van der Waals surface area contributed by atoms with Crippen molar-refractivity contribution in [3.8, 4) is 11.5 Å². The van der Waals surface area contributed by atoms with E-state index in [0.29, 0.717) is 36.4 Å². The van der Waals surface area contributed by atoms with E-state index >= 15 is 0 Å². The molecule has 2 N–H and O–H groups in total. The molecular formula is C31H34N2O5. The van der Waals surface area contributed by atoms with Gasteiger partial charge < -0.3 is 19.8 Å². The van der Waals surface area contributed by atoms with Gasteiger partial charge in [0.05, 0.1) is 18.2 Å². The number of rotatable bonds is 14. The fraction of sp³-hybridized carbons (Fsp3) is 0.323. The second kappa shape index (κ2) is 13.8. The Labute approximate surface area is 224 Å². The SMILES string of the molecule is [C-]#[N+]c1ccc(C)c(N(CCCC(CCCC)Oc2ccc(C(=O)c3ccccc3)c(O)c2)CC(=O)O)c1. The minimum Gasteiger partial charge on any atom is -0.507 e. The molecule has 0 aliphatic heterocycles. The third kappa shape index (κ3) is 7.84. The number of benzene rings is 3. The van der Waals surface area contributed by atoms with E-state index < -0.39 is 5.97 Å². The first-order valence-electron chi connectivity index (χ1n) is 12.9. The average Bonchev–Trinajstić information content (AvgIpc) is 2.91. The Balaban J connectivity index is 1.69. The van der Waals surface area contributed by atoms with Crippen molar-refractivity contribution in [3.05, 3.63) is 94.8 Å². The lowest BCUT2D eigenvalue weighted by molar-refractivity contribution is -0.135. The maximum Gasteiger partial charge on any atom is 0.323 e. The Kier molecular flexibility index (Phi) is 10.3. The van der Waals surface area contributed by atoms with E-state index in [1.54, 1.807) is 53.4 Å². The second-order valence-corrected chi connectivity index (χ2v) is 9.30. The minimum absolute atomic E-state index is 0.131. The number of phenols is 1. The molecule has 0 heterocycles. The van der Waals surface area contributed by atoms with Gasteiger partial charge in [0.25, 0.3) is 0 Å². The number of anilines is 1. The van der Waals surface area contributed by atoms with Crippen molar-refractivity contribution in [2.24, 2.45) is 0 Å². The number of ketones is 1. The number of unbranched alkanes of at least 4 members (excludes halogenated alkanes) is 1. The molecule has 0 saturated heterocycles. The van der Waals surface area contributed by atoms with E-state index in [0.717, 1.165) is 30.5 Å². The smallest absolute Gasteiger partial charge is 0.323 e. The van der Waals surface area contributed by atoms with E-state index in [2.05, 4.69) is 11.8 Å². The first kappa shape index (κ1) is 28.3. The van der Waals surface area contributed by atoms with Gasteiger partial charge in [0, 0.05) is 23.9 Å². The number of carboxylic acid groups (broad SMARTS) is 1. The molecule has 0 amide bonds. The number of phenolic OH excluding ortho intramolecular Hbond substituents is 1. The van der Waals surface area contributed by atoms with Crippen LogP contribution in [0.2, 0.25) is 0 Å². The van der Waals surface area contributed by atoms with Gasteiger partial charge in [-0.15, -0.1) is 0 Å². The largest absolute Gasteiger partial charge is 0.507 e. The lowest BCUT2D eigenvalue weighted by Gasteiger charge is -2.26. The standard InChI is InChI=1S/C31H34N2O5/c1-4-5-12-25(13-9-18-33(21-30(35)36)28-19-24(32-3)15-14-22(28)2)38-26-16-17-27(29(34)20-26)31(37)23-10-7-6-8-11-23/h6-8,10-11,14-17,19-20,25,34H,4-5,9,12-13,18,21H2,1-2H3,(H,35,36). The number of carbonyl (C=O) groups excluding carboxylic acids is 1. The van der Waals surface area contributed by atoms with E-state index in [1.807, 2.05) is 19.1 Å². The fourth-order valence-corrected chi connectivity index (χ4v) is 4.37. The van der Waals surface area contributed by atoms with Crippen LogP contribution in [-0.2, 0) is 4.79 Å². The molecule has 38 heavy (non-hydrogen) atoms. The Morgan fingerprint density at radius 2 is 1.76 bits per heavy atom. The van der Waals surface area contributed by atoms with Crippen LogP contribution in [0.15, 0.2) is 66.7 Å². The summed E-state index contributed by atoms with van der Waals surface area (Å²) in [6.07, 6.45) is 4.01. The highest BCUT2D eigenvalue weighted by molar-refractivity contribution is 6.10. The molecule has 1 atom stereocenters. The average molecular weight is 515 g/mol. The first-order chi connectivity index (χ1) is 18.3. The summed E-state index contributed by atoms with van der Waals surface area (Å²) in [7, 11) is 0. The molecule has 198 valence electrons. The second-order valence-electron chi connectivity index (χ2n) is 9.30. The normalized spacial score (nSPS) is 11.4. The summed E-state index contributed by atoms with van der Waals surface area (Å²) < 4.78 is 6.22. The molecule has 0 spiro atoms. The van der Waals surface area contributed by atoms with Crippen molar-refractivity contribution >= 4 is 23.1 Å². The minimum atomic E-state index is -0.933. The summed E-state index contributed by atoms with van der Waals surface area (Å²) in [4.78, 5) is 29.6. The topological polar surface area (TPSA) is 91.4 Å². The van der Waals surface area contributed by atoms with E-state index in [-0.39, 0.29) is 29.7 Å². The van der Waals surface area contributed by atoms with Crippen molar-refractivity contribution < 1.29 is 24.5 Å². The van der Waals surface area contributed by atoms with Crippen LogP contribution in [-0.4, -0.2) is 41.2 Å². The molecule has 0 aliphatic rings. The summed E-state index contributed by atoms with van der Waals surface area (Å²) >= 11 is 0. The number of carbonyl (C=O) groups is 2. The zero-order valence-electron chi connectivity index (χ0n) is 21.9. The Bertz CT molecular complexity index is 1280. The number of aliphatic carboxylic acids is 1. The zero-order valence-corrected chi connectivity index (χ0v) is 21.9. The quantitative estimate of drug-likeness (QED) is 0.182. The molecule has 0 bridgehead atoms. The molecule has 3 rings (SSSR count). The van der Waals surface area contributed by atoms with E-state index in [4.69, 9.17) is 11.3 Å². The van der Waals surface area contributed by atoms with E-state index in [1.165, 1.54) is 6.07 Å². The summed E-state index contributed by atoms with van der Waals surface area (Å²) in [6, 6.07) is 18.9. The van der Waals surface area contributed by atoms with Crippen LogP contribution in [0.1, 0.15) is 60.5 Å². The Morgan fingerprint density at radius 3 is 2.42 bits per heavy atom. The summed E-state index contributed by atoms with van der Waals surface area (Å²) in [6.45, 7) is 11.6. The highest BCUT2D eigenvalue weighted by Gasteiger charge is 2.18. The van der Waals surface area contributed by atoms with Gasteiger partial charge in [-0.1, -0.05) is 62.2 Å². The maximum atomic E-state index is 12.7. The van der Waals surface area contributed by atoms with Crippen molar-refractivity contribution in [1.82, 2.24) is 0 Å². The van der Waals surface area contributed by atoms with Crippen LogP contribution in [0.3, 0.4) is 0 Å². The number of nitrogens with zero attached hydrogens (tertiary/aromatic N) is 2. The molecule has 3 aromatic rings. The number of aromatic hydroxyl groups is 1. The van der Waals surface area contributed by atoms with E-state index in [9.17, 15) is 19.8 Å². The van der Waals surface area contributed by atoms with Crippen molar-refractivity contribution in [2.75, 3.05) is 18.0 Å². The van der Waals surface area contributed by atoms with Crippen LogP contribution in [0, 0.1) is 13.5 Å². The molecule has 3 aromatic carbocycles. The monoisotopic (exact) mass is 514 g/mol.